The Morgan fingerprint density at radius 3 is 2.67 bits per heavy atom. The van der Waals surface area contributed by atoms with Crippen molar-refractivity contribution in [2.45, 2.75) is 30.4 Å². The topological polar surface area (TPSA) is 41.6 Å². The van der Waals surface area contributed by atoms with E-state index in [1.165, 1.54) is 0 Å². The molecule has 2 aromatic carbocycles. The second-order valence-electron chi connectivity index (χ2n) is 5.61. The molecule has 1 atom stereocenters. The van der Waals surface area contributed by atoms with Crippen molar-refractivity contribution in [2.75, 3.05) is 23.4 Å². The number of amides is 2. The summed E-state index contributed by atoms with van der Waals surface area (Å²) in [6, 6.07) is 15.5. The summed E-state index contributed by atoms with van der Waals surface area (Å²) in [6.45, 7) is 5.47. The molecular weight excluding hydrogens is 320 g/mol. The number of carbonyl (C=O) groups excluding carboxylic acids is 1. The van der Waals surface area contributed by atoms with Gasteiger partial charge in [0.1, 0.15) is 5.75 Å². The monoisotopic (exact) mass is 342 g/mol. The number of anilines is 2. The first-order valence-electron chi connectivity index (χ1n) is 8.28. The molecule has 0 spiro atoms. The summed E-state index contributed by atoms with van der Waals surface area (Å²) in [7, 11) is 0. The average Bonchev–Trinajstić information content (AvgIpc) is 2.62. The van der Waals surface area contributed by atoms with Gasteiger partial charge in [-0.15, -0.1) is 11.8 Å². The van der Waals surface area contributed by atoms with Gasteiger partial charge in [0.15, 0.2) is 0 Å². The molecule has 0 aliphatic carbocycles. The van der Waals surface area contributed by atoms with E-state index in [0.29, 0.717) is 11.9 Å². The quantitative estimate of drug-likeness (QED) is 0.849. The molecule has 0 radical (unpaired) electrons. The number of hydrogen-bond donors (Lipinski definition) is 1. The molecule has 0 saturated carbocycles. The Balaban J connectivity index is 1.76. The van der Waals surface area contributed by atoms with Crippen LogP contribution >= 0.6 is 11.8 Å². The zero-order valence-electron chi connectivity index (χ0n) is 14.0. The summed E-state index contributed by atoms with van der Waals surface area (Å²) in [4.78, 5) is 15.8. The molecule has 2 aromatic rings. The molecule has 1 unspecified atom stereocenters. The third-order valence-corrected chi connectivity index (χ3v) is 5.37. The highest BCUT2D eigenvalue weighted by Crippen LogP contribution is 2.39. The summed E-state index contributed by atoms with van der Waals surface area (Å²) in [5, 5.41) is 3.41. The Kier molecular flexibility index (Phi) is 5.30. The maximum Gasteiger partial charge on any atom is 0.326 e. The van der Waals surface area contributed by atoms with Gasteiger partial charge in [-0.1, -0.05) is 19.1 Å². The molecule has 1 aliphatic rings. The third-order valence-electron chi connectivity index (χ3n) is 3.95. The van der Waals surface area contributed by atoms with Crippen LogP contribution < -0.4 is 15.0 Å². The highest BCUT2D eigenvalue weighted by Gasteiger charge is 2.28. The van der Waals surface area contributed by atoms with E-state index < -0.39 is 0 Å². The summed E-state index contributed by atoms with van der Waals surface area (Å²) in [5.74, 6) is 0.807. The van der Waals surface area contributed by atoms with E-state index in [4.69, 9.17) is 4.74 Å². The first-order chi connectivity index (χ1) is 11.7. The molecule has 1 aliphatic heterocycles. The second-order valence-corrected chi connectivity index (χ2v) is 6.96. The molecule has 2 amide bonds. The zero-order valence-corrected chi connectivity index (χ0v) is 14.8. The predicted octanol–water partition coefficient (Wildman–Crippen LogP) is 5.01. The van der Waals surface area contributed by atoms with Gasteiger partial charge in [0, 0.05) is 22.4 Å². The first kappa shape index (κ1) is 16.7. The number of fused-ring (bicyclic) bond motifs is 1. The van der Waals surface area contributed by atoms with Gasteiger partial charge >= 0.3 is 6.03 Å². The summed E-state index contributed by atoms with van der Waals surface area (Å²) in [5.41, 5.74) is 1.75. The van der Waals surface area contributed by atoms with Gasteiger partial charge in [0.25, 0.3) is 0 Å². The van der Waals surface area contributed by atoms with E-state index in [0.717, 1.165) is 35.0 Å². The zero-order chi connectivity index (χ0) is 16.9. The van der Waals surface area contributed by atoms with Crippen LogP contribution in [0.1, 0.15) is 20.3 Å². The van der Waals surface area contributed by atoms with Crippen molar-refractivity contribution in [3.8, 4) is 5.75 Å². The summed E-state index contributed by atoms with van der Waals surface area (Å²) >= 11 is 1.85. The van der Waals surface area contributed by atoms with Gasteiger partial charge in [0.2, 0.25) is 0 Å². The highest BCUT2D eigenvalue weighted by atomic mass is 32.2. The number of nitrogens with one attached hydrogen (secondary N) is 1. The van der Waals surface area contributed by atoms with E-state index in [1.54, 1.807) is 0 Å². The van der Waals surface area contributed by atoms with E-state index in [1.807, 2.05) is 66.1 Å². The third kappa shape index (κ3) is 3.67. The van der Waals surface area contributed by atoms with Crippen LogP contribution in [-0.2, 0) is 0 Å². The van der Waals surface area contributed by atoms with Gasteiger partial charge in [0.05, 0.1) is 12.3 Å². The minimum absolute atomic E-state index is 0.0923. The minimum atomic E-state index is -0.0923. The SMILES string of the molecule is CCOc1ccc(NC(=O)N2CC(CC)Sc3ccccc32)cc1. The van der Waals surface area contributed by atoms with Gasteiger partial charge in [-0.3, -0.25) is 4.90 Å². The van der Waals surface area contributed by atoms with Crippen molar-refractivity contribution in [1.29, 1.82) is 0 Å². The Morgan fingerprint density at radius 1 is 1.21 bits per heavy atom. The number of rotatable bonds is 4. The first-order valence-corrected chi connectivity index (χ1v) is 9.16. The molecular formula is C19H22N2O2S. The maximum atomic E-state index is 12.8. The van der Waals surface area contributed by atoms with E-state index >= 15 is 0 Å². The normalized spacial score (nSPS) is 16.4. The molecule has 1 heterocycles. The molecule has 0 bridgehead atoms. The minimum Gasteiger partial charge on any atom is -0.494 e. The molecule has 4 nitrogen and oxygen atoms in total. The largest absolute Gasteiger partial charge is 0.494 e. The van der Waals surface area contributed by atoms with Crippen LogP contribution in [0.5, 0.6) is 5.75 Å². The lowest BCUT2D eigenvalue weighted by atomic mass is 10.2. The molecule has 1 N–H and O–H groups in total. The molecule has 0 aromatic heterocycles. The number of ether oxygens (including phenoxy) is 1. The van der Waals surface area contributed by atoms with Gasteiger partial charge < -0.3 is 10.1 Å². The van der Waals surface area contributed by atoms with Crippen molar-refractivity contribution in [2.24, 2.45) is 0 Å². The Bertz CT molecular complexity index is 703. The van der Waals surface area contributed by atoms with E-state index in [2.05, 4.69) is 18.3 Å². The fraction of sp³-hybridized carbons (Fsp3) is 0.316. The predicted molar refractivity (Wildman–Crippen MR) is 100 cm³/mol. The molecule has 0 fully saturated rings. The Morgan fingerprint density at radius 2 is 1.96 bits per heavy atom. The molecule has 0 saturated heterocycles. The van der Waals surface area contributed by atoms with Crippen molar-refractivity contribution in [1.82, 2.24) is 0 Å². The number of hydrogen-bond acceptors (Lipinski definition) is 3. The molecule has 126 valence electrons. The maximum absolute atomic E-state index is 12.8. The summed E-state index contributed by atoms with van der Waals surface area (Å²) in [6.07, 6.45) is 1.03. The standard InChI is InChI=1S/C19H22N2O2S/c1-3-16-13-21(17-7-5-6-8-18(17)24-16)19(22)20-14-9-11-15(12-10-14)23-4-2/h5-12,16H,3-4,13H2,1-2H3,(H,20,22). The van der Waals surface area contributed by atoms with Gasteiger partial charge in [-0.05, 0) is 49.7 Å². The van der Waals surface area contributed by atoms with Crippen LogP contribution in [0, 0.1) is 0 Å². The van der Waals surface area contributed by atoms with Crippen molar-refractivity contribution in [3.63, 3.8) is 0 Å². The van der Waals surface area contributed by atoms with Crippen LogP contribution in [-0.4, -0.2) is 24.4 Å². The number of benzene rings is 2. The molecule has 5 heteroatoms. The van der Waals surface area contributed by atoms with Crippen molar-refractivity contribution >= 4 is 29.2 Å². The van der Waals surface area contributed by atoms with Crippen molar-refractivity contribution < 1.29 is 9.53 Å². The number of carbonyl (C=O) groups is 1. The van der Waals surface area contributed by atoms with Crippen LogP contribution in [0.2, 0.25) is 0 Å². The second kappa shape index (κ2) is 7.62. The lowest BCUT2D eigenvalue weighted by molar-refractivity contribution is 0.256. The average molecular weight is 342 g/mol. The summed E-state index contributed by atoms with van der Waals surface area (Å²) < 4.78 is 5.43. The Hall–Kier alpha value is -2.14. The van der Waals surface area contributed by atoms with Gasteiger partial charge in [-0.25, -0.2) is 4.79 Å². The van der Waals surface area contributed by atoms with Crippen LogP contribution in [0.15, 0.2) is 53.4 Å². The van der Waals surface area contributed by atoms with Crippen LogP contribution in [0.4, 0.5) is 16.2 Å². The number of thioether (sulfide) groups is 1. The fourth-order valence-corrected chi connectivity index (χ4v) is 3.90. The van der Waals surface area contributed by atoms with Crippen LogP contribution in [0.25, 0.3) is 0 Å². The lowest BCUT2D eigenvalue weighted by Crippen LogP contribution is -2.41. The van der Waals surface area contributed by atoms with Gasteiger partial charge in [-0.2, -0.15) is 0 Å². The van der Waals surface area contributed by atoms with E-state index in [9.17, 15) is 4.79 Å². The van der Waals surface area contributed by atoms with Crippen LogP contribution in [0.3, 0.4) is 0 Å². The smallest absolute Gasteiger partial charge is 0.326 e. The molecule has 3 rings (SSSR count). The number of nitrogens with zero attached hydrogens (tertiary/aromatic N) is 1. The number of para-hydroxylation sites is 1. The molecule has 24 heavy (non-hydrogen) atoms. The number of urea groups is 1. The Labute approximate surface area is 147 Å². The van der Waals surface area contributed by atoms with E-state index in [-0.39, 0.29) is 6.03 Å². The highest BCUT2D eigenvalue weighted by molar-refractivity contribution is 8.00. The fourth-order valence-electron chi connectivity index (χ4n) is 2.70. The van der Waals surface area contributed by atoms with Crippen molar-refractivity contribution in [3.05, 3.63) is 48.5 Å². The lowest BCUT2D eigenvalue weighted by Gasteiger charge is -2.33.